The molecule has 1 aliphatic heterocycles. The summed E-state index contributed by atoms with van der Waals surface area (Å²) in [5.41, 5.74) is 0.949. The maximum absolute atomic E-state index is 10.0. The second-order valence-electron chi connectivity index (χ2n) is 4.93. The molecule has 1 heterocycles. The smallest absolute Gasteiger partial charge is 0.256 e. The SMILES string of the molecule is CN1C2CCCCC2(c2ccccc2)O[P@@]1O. The summed E-state index contributed by atoms with van der Waals surface area (Å²) >= 11 is 0. The van der Waals surface area contributed by atoms with Crippen molar-refractivity contribution < 1.29 is 9.42 Å². The zero-order chi connectivity index (χ0) is 11.9. The first-order valence-electron chi connectivity index (χ1n) is 6.20. The summed E-state index contributed by atoms with van der Waals surface area (Å²) in [6.07, 6.45) is 4.55. The number of fused-ring (bicyclic) bond motifs is 1. The molecule has 1 saturated heterocycles. The van der Waals surface area contributed by atoms with Gasteiger partial charge >= 0.3 is 0 Å². The fourth-order valence-corrected chi connectivity index (χ4v) is 4.44. The van der Waals surface area contributed by atoms with E-state index < -0.39 is 8.53 Å². The zero-order valence-corrected chi connectivity index (χ0v) is 10.9. The Kier molecular flexibility index (Phi) is 2.95. The van der Waals surface area contributed by atoms with Gasteiger partial charge in [0.1, 0.15) is 5.60 Å². The van der Waals surface area contributed by atoms with Crippen LogP contribution in [0.2, 0.25) is 0 Å². The molecule has 1 aromatic rings. The van der Waals surface area contributed by atoms with E-state index in [9.17, 15) is 4.89 Å². The monoisotopic (exact) mass is 251 g/mol. The topological polar surface area (TPSA) is 32.7 Å². The minimum Gasteiger partial charge on any atom is -0.338 e. The highest BCUT2D eigenvalue weighted by Crippen LogP contribution is 2.60. The third-order valence-electron chi connectivity index (χ3n) is 4.04. The van der Waals surface area contributed by atoms with E-state index in [1.165, 1.54) is 18.4 Å². The molecule has 0 bridgehead atoms. The highest BCUT2D eigenvalue weighted by molar-refractivity contribution is 7.43. The Bertz CT molecular complexity index is 400. The maximum Gasteiger partial charge on any atom is 0.256 e. The van der Waals surface area contributed by atoms with Crippen LogP contribution in [0.4, 0.5) is 0 Å². The van der Waals surface area contributed by atoms with Gasteiger partial charge in [-0.25, -0.2) is 4.67 Å². The molecule has 0 spiro atoms. The molecule has 0 aromatic heterocycles. The van der Waals surface area contributed by atoms with Crippen LogP contribution in [0.25, 0.3) is 0 Å². The second kappa shape index (κ2) is 4.33. The van der Waals surface area contributed by atoms with Crippen molar-refractivity contribution in [2.24, 2.45) is 0 Å². The van der Waals surface area contributed by atoms with Crippen LogP contribution < -0.4 is 0 Å². The van der Waals surface area contributed by atoms with Gasteiger partial charge < -0.3 is 9.42 Å². The Hall–Kier alpha value is -0.470. The normalized spacial score (nSPS) is 38.0. The number of rotatable bonds is 1. The van der Waals surface area contributed by atoms with Crippen LogP contribution in [-0.4, -0.2) is 22.7 Å². The lowest BCUT2D eigenvalue weighted by Crippen LogP contribution is -2.44. The number of likely N-dealkylation sites (N-methyl/N-ethyl adjacent to an activating group) is 1. The highest BCUT2D eigenvalue weighted by Gasteiger charge is 2.54. The highest BCUT2D eigenvalue weighted by atomic mass is 31.2. The standard InChI is InChI=1S/C13H18NO2P/c1-14-12-9-5-6-10-13(12,16-17(14)15)11-7-3-2-4-8-11/h2-4,7-8,12,15H,5-6,9-10H2,1H3/t12?,13?,17-/m1/s1. The molecule has 4 heteroatoms. The van der Waals surface area contributed by atoms with Crippen molar-refractivity contribution in [2.45, 2.75) is 37.3 Å². The molecule has 3 rings (SSSR count). The number of nitrogens with zero attached hydrogens (tertiary/aromatic N) is 1. The molecule has 92 valence electrons. The lowest BCUT2D eigenvalue weighted by atomic mass is 9.76. The molecule has 2 fully saturated rings. The lowest BCUT2D eigenvalue weighted by molar-refractivity contribution is 0.0224. The van der Waals surface area contributed by atoms with E-state index in [1.807, 2.05) is 17.8 Å². The Labute approximate surface area is 103 Å². The molecule has 0 radical (unpaired) electrons. The van der Waals surface area contributed by atoms with Crippen LogP contribution in [0.5, 0.6) is 0 Å². The van der Waals surface area contributed by atoms with E-state index in [0.29, 0.717) is 6.04 Å². The summed E-state index contributed by atoms with van der Waals surface area (Å²) in [5, 5.41) is 0. The minimum absolute atomic E-state index is 0.269. The summed E-state index contributed by atoms with van der Waals surface area (Å²) in [5.74, 6) is 0. The van der Waals surface area contributed by atoms with Gasteiger partial charge in [-0.1, -0.05) is 43.2 Å². The molecule has 1 aliphatic carbocycles. The van der Waals surface area contributed by atoms with Crippen LogP contribution in [0.15, 0.2) is 30.3 Å². The van der Waals surface area contributed by atoms with Gasteiger partial charge in [-0.2, -0.15) is 0 Å². The van der Waals surface area contributed by atoms with E-state index in [0.717, 1.165) is 12.8 Å². The first-order valence-corrected chi connectivity index (χ1v) is 7.37. The zero-order valence-electron chi connectivity index (χ0n) is 10.0. The Morgan fingerprint density at radius 1 is 1.35 bits per heavy atom. The van der Waals surface area contributed by atoms with E-state index >= 15 is 0 Å². The predicted molar refractivity (Wildman–Crippen MR) is 68.4 cm³/mol. The second-order valence-corrected chi connectivity index (χ2v) is 6.25. The fourth-order valence-electron chi connectivity index (χ4n) is 3.16. The first kappa shape index (κ1) is 11.6. The summed E-state index contributed by atoms with van der Waals surface area (Å²) < 4.78 is 8.03. The Morgan fingerprint density at radius 3 is 2.88 bits per heavy atom. The third-order valence-corrected chi connectivity index (χ3v) is 5.35. The van der Waals surface area contributed by atoms with Crippen molar-refractivity contribution in [3.63, 3.8) is 0 Å². The van der Waals surface area contributed by atoms with Crippen LogP contribution in [-0.2, 0) is 10.1 Å². The van der Waals surface area contributed by atoms with Gasteiger partial charge in [0.25, 0.3) is 8.53 Å². The van der Waals surface area contributed by atoms with Crippen molar-refractivity contribution in [1.82, 2.24) is 4.67 Å². The molecular formula is C13H18NO2P. The molecule has 1 saturated carbocycles. The molecule has 1 aromatic carbocycles. The average molecular weight is 251 g/mol. The van der Waals surface area contributed by atoms with Crippen LogP contribution in [0.3, 0.4) is 0 Å². The van der Waals surface area contributed by atoms with E-state index in [2.05, 4.69) is 24.3 Å². The van der Waals surface area contributed by atoms with Gasteiger partial charge in [0.05, 0.1) is 6.04 Å². The number of hydrogen-bond donors (Lipinski definition) is 1. The van der Waals surface area contributed by atoms with Gasteiger partial charge in [-0.05, 0) is 25.5 Å². The van der Waals surface area contributed by atoms with Crippen molar-refractivity contribution in [1.29, 1.82) is 0 Å². The van der Waals surface area contributed by atoms with Gasteiger partial charge in [-0.3, -0.25) is 0 Å². The first-order chi connectivity index (χ1) is 8.24. The van der Waals surface area contributed by atoms with Crippen LogP contribution in [0.1, 0.15) is 31.2 Å². The molecule has 3 nitrogen and oxygen atoms in total. The quantitative estimate of drug-likeness (QED) is 0.779. The summed E-state index contributed by atoms with van der Waals surface area (Å²) in [7, 11) is 0.563. The van der Waals surface area contributed by atoms with E-state index in [4.69, 9.17) is 4.52 Å². The van der Waals surface area contributed by atoms with E-state index in [1.54, 1.807) is 0 Å². The molecule has 3 atom stereocenters. The molecule has 17 heavy (non-hydrogen) atoms. The summed E-state index contributed by atoms with van der Waals surface area (Å²) in [4.78, 5) is 10.0. The maximum atomic E-state index is 10.0. The number of hydrogen-bond acceptors (Lipinski definition) is 3. The third kappa shape index (κ3) is 1.73. The van der Waals surface area contributed by atoms with Crippen LogP contribution >= 0.6 is 8.53 Å². The van der Waals surface area contributed by atoms with Crippen molar-refractivity contribution in [2.75, 3.05) is 7.05 Å². The molecule has 2 unspecified atom stereocenters. The number of benzene rings is 1. The molecule has 0 amide bonds. The van der Waals surface area contributed by atoms with E-state index in [-0.39, 0.29) is 5.60 Å². The van der Waals surface area contributed by atoms with Gasteiger partial charge in [0.15, 0.2) is 0 Å². The Balaban J connectivity index is 2.03. The van der Waals surface area contributed by atoms with Crippen molar-refractivity contribution >= 4 is 8.53 Å². The molecule has 2 aliphatic rings. The van der Waals surface area contributed by atoms with Gasteiger partial charge in [0, 0.05) is 0 Å². The van der Waals surface area contributed by atoms with Crippen molar-refractivity contribution in [3.05, 3.63) is 35.9 Å². The lowest BCUT2D eigenvalue weighted by Gasteiger charge is -2.38. The predicted octanol–water partition coefficient (Wildman–Crippen LogP) is 3.01. The fraction of sp³-hybridized carbons (Fsp3) is 0.538. The largest absolute Gasteiger partial charge is 0.338 e. The minimum atomic E-state index is -1.42. The molecular weight excluding hydrogens is 233 g/mol. The summed E-state index contributed by atoms with van der Waals surface area (Å²) in [6, 6.07) is 10.7. The van der Waals surface area contributed by atoms with Gasteiger partial charge in [0.2, 0.25) is 0 Å². The Morgan fingerprint density at radius 2 is 2.12 bits per heavy atom. The summed E-state index contributed by atoms with van der Waals surface area (Å²) in [6.45, 7) is 0. The average Bonchev–Trinajstić information content (AvgIpc) is 2.64. The van der Waals surface area contributed by atoms with Gasteiger partial charge in [-0.15, -0.1) is 0 Å². The molecule has 1 N–H and O–H groups in total. The van der Waals surface area contributed by atoms with Crippen LogP contribution in [0, 0.1) is 0 Å². The van der Waals surface area contributed by atoms with Crippen molar-refractivity contribution in [3.8, 4) is 0 Å².